The minimum absolute atomic E-state index is 0.00941. The van der Waals surface area contributed by atoms with Crippen molar-refractivity contribution in [2.24, 2.45) is 7.05 Å². The van der Waals surface area contributed by atoms with Crippen molar-refractivity contribution in [1.82, 2.24) is 14.3 Å². The summed E-state index contributed by atoms with van der Waals surface area (Å²) in [6.45, 7) is 2.40. The Labute approximate surface area is 184 Å². The van der Waals surface area contributed by atoms with E-state index in [4.69, 9.17) is 14.2 Å². The van der Waals surface area contributed by atoms with Gasteiger partial charge in [0, 0.05) is 24.2 Å². The number of thiazole rings is 1. The number of hydrogen-bond acceptors (Lipinski definition) is 8. The first-order valence-electron chi connectivity index (χ1n) is 9.31. The smallest absolute Gasteiger partial charge is 0.355 e. The molecule has 0 atom stereocenters. The summed E-state index contributed by atoms with van der Waals surface area (Å²) in [6.07, 6.45) is 1.35. The first kappa shape index (κ1) is 22.8. The van der Waals surface area contributed by atoms with E-state index in [0.717, 1.165) is 10.6 Å². The van der Waals surface area contributed by atoms with Crippen molar-refractivity contribution in [3.05, 3.63) is 47.2 Å². The highest BCUT2D eigenvalue weighted by molar-refractivity contribution is 7.89. The van der Waals surface area contributed by atoms with Crippen LogP contribution in [0, 0.1) is 0 Å². The molecular weight excluding hydrogens is 442 g/mol. The van der Waals surface area contributed by atoms with Crippen molar-refractivity contribution >= 4 is 27.3 Å². The molecule has 0 saturated heterocycles. The third kappa shape index (κ3) is 5.06. The first-order chi connectivity index (χ1) is 14.8. The van der Waals surface area contributed by atoms with Gasteiger partial charge in [-0.2, -0.15) is 0 Å². The summed E-state index contributed by atoms with van der Waals surface area (Å²) in [6, 6.07) is 6.82. The lowest BCUT2D eigenvalue weighted by Gasteiger charge is -2.09. The summed E-state index contributed by atoms with van der Waals surface area (Å²) in [5.74, 6) is 0.623. The quantitative estimate of drug-likeness (QED) is 0.484. The van der Waals surface area contributed by atoms with Gasteiger partial charge in [-0.15, -0.1) is 11.3 Å². The van der Waals surface area contributed by atoms with E-state index < -0.39 is 16.0 Å². The lowest BCUT2D eigenvalue weighted by molar-refractivity contribution is 0.0457. The van der Waals surface area contributed by atoms with Gasteiger partial charge in [-0.25, -0.2) is 22.9 Å². The molecule has 0 unspecified atom stereocenters. The van der Waals surface area contributed by atoms with Gasteiger partial charge < -0.3 is 18.8 Å². The van der Waals surface area contributed by atoms with Gasteiger partial charge in [0.1, 0.15) is 22.2 Å². The second kappa shape index (κ2) is 9.50. The third-order valence-corrected chi connectivity index (χ3v) is 6.70. The SMILES string of the molecule is CCOc1ccc(-c2nc(COC(=O)c3cc(S(=O)(=O)NC)cn3C)cs2)cc1OC. The van der Waals surface area contributed by atoms with Crippen LogP contribution in [-0.4, -0.2) is 44.7 Å². The van der Waals surface area contributed by atoms with Crippen LogP contribution in [0.5, 0.6) is 11.5 Å². The van der Waals surface area contributed by atoms with Crippen molar-refractivity contribution in [2.75, 3.05) is 20.8 Å². The molecule has 0 aliphatic carbocycles. The zero-order chi connectivity index (χ0) is 22.6. The van der Waals surface area contributed by atoms with E-state index in [-0.39, 0.29) is 17.2 Å². The molecule has 166 valence electrons. The number of benzene rings is 1. The van der Waals surface area contributed by atoms with E-state index in [9.17, 15) is 13.2 Å². The second-order valence-electron chi connectivity index (χ2n) is 6.40. The molecule has 0 bridgehead atoms. The number of methoxy groups -OCH3 is 1. The fourth-order valence-corrected chi connectivity index (χ4v) is 4.40. The van der Waals surface area contributed by atoms with Crippen LogP contribution in [0.4, 0.5) is 0 Å². The van der Waals surface area contributed by atoms with Gasteiger partial charge in [-0.1, -0.05) is 0 Å². The first-order valence-corrected chi connectivity index (χ1v) is 11.7. The molecule has 1 N–H and O–H groups in total. The zero-order valence-electron chi connectivity index (χ0n) is 17.5. The van der Waals surface area contributed by atoms with Crippen LogP contribution < -0.4 is 14.2 Å². The zero-order valence-corrected chi connectivity index (χ0v) is 19.2. The van der Waals surface area contributed by atoms with E-state index in [1.54, 1.807) is 19.5 Å². The molecule has 0 fully saturated rings. The van der Waals surface area contributed by atoms with E-state index in [1.807, 2.05) is 25.1 Å². The number of carbonyl (C=O) groups is 1. The molecule has 0 aliphatic heterocycles. The van der Waals surface area contributed by atoms with E-state index in [2.05, 4.69) is 9.71 Å². The topological polar surface area (TPSA) is 109 Å². The Bertz CT molecular complexity index is 1180. The van der Waals surface area contributed by atoms with Gasteiger partial charge >= 0.3 is 5.97 Å². The van der Waals surface area contributed by atoms with E-state index >= 15 is 0 Å². The molecule has 0 amide bonds. The Hall–Kier alpha value is -2.89. The molecule has 0 radical (unpaired) electrons. The van der Waals surface area contributed by atoms with Crippen LogP contribution in [0.1, 0.15) is 23.1 Å². The lowest BCUT2D eigenvalue weighted by atomic mass is 10.2. The average molecular weight is 466 g/mol. The second-order valence-corrected chi connectivity index (χ2v) is 9.14. The number of sulfonamides is 1. The summed E-state index contributed by atoms with van der Waals surface area (Å²) >= 11 is 1.41. The monoisotopic (exact) mass is 465 g/mol. The highest BCUT2D eigenvalue weighted by Crippen LogP contribution is 2.34. The summed E-state index contributed by atoms with van der Waals surface area (Å²) in [7, 11) is 0.806. The van der Waals surface area contributed by atoms with Crippen LogP contribution in [0.15, 0.2) is 40.7 Å². The van der Waals surface area contributed by atoms with Gasteiger partial charge in [-0.05, 0) is 38.2 Å². The fraction of sp³-hybridized carbons (Fsp3) is 0.300. The molecule has 3 aromatic rings. The largest absolute Gasteiger partial charge is 0.493 e. The number of nitrogens with zero attached hydrogens (tertiary/aromatic N) is 2. The van der Waals surface area contributed by atoms with Crippen molar-refractivity contribution in [3.8, 4) is 22.1 Å². The molecule has 3 rings (SSSR count). The average Bonchev–Trinajstić information content (AvgIpc) is 3.39. The number of hydrogen-bond donors (Lipinski definition) is 1. The Morgan fingerprint density at radius 1 is 1.26 bits per heavy atom. The molecule has 2 heterocycles. The molecule has 0 spiro atoms. The van der Waals surface area contributed by atoms with Gasteiger partial charge in [-0.3, -0.25) is 0 Å². The number of aryl methyl sites for hydroxylation is 1. The molecule has 11 heteroatoms. The Morgan fingerprint density at radius 3 is 2.71 bits per heavy atom. The predicted molar refractivity (Wildman–Crippen MR) is 116 cm³/mol. The van der Waals surface area contributed by atoms with Gasteiger partial charge in [0.15, 0.2) is 11.5 Å². The summed E-state index contributed by atoms with van der Waals surface area (Å²) in [5.41, 5.74) is 1.56. The standard InChI is InChI=1S/C20H23N3O6S2/c1-5-28-17-7-6-13(8-18(17)27-4)19-22-14(12-30-19)11-29-20(24)16-9-15(10-23(16)3)31(25,26)21-2/h6-10,12,21H,5,11H2,1-4H3. The minimum atomic E-state index is -3.65. The van der Waals surface area contributed by atoms with Crippen molar-refractivity contribution in [1.29, 1.82) is 0 Å². The van der Waals surface area contributed by atoms with E-state index in [1.165, 1.54) is 35.2 Å². The molecular formula is C20H23N3O6S2. The number of esters is 1. The Morgan fingerprint density at radius 2 is 2.03 bits per heavy atom. The minimum Gasteiger partial charge on any atom is -0.493 e. The highest BCUT2D eigenvalue weighted by atomic mass is 32.2. The van der Waals surface area contributed by atoms with E-state index in [0.29, 0.717) is 23.8 Å². The van der Waals surface area contributed by atoms with Crippen LogP contribution in [0.3, 0.4) is 0 Å². The number of aromatic nitrogens is 2. The van der Waals surface area contributed by atoms with Crippen LogP contribution in [-0.2, 0) is 28.4 Å². The van der Waals surface area contributed by atoms with Crippen LogP contribution in [0.2, 0.25) is 0 Å². The summed E-state index contributed by atoms with van der Waals surface area (Å²) in [4.78, 5) is 16.9. The summed E-state index contributed by atoms with van der Waals surface area (Å²) in [5, 5.41) is 2.54. The van der Waals surface area contributed by atoms with Crippen LogP contribution >= 0.6 is 11.3 Å². The molecule has 0 saturated carbocycles. The maximum atomic E-state index is 12.4. The number of rotatable bonds is 9. The third-order valence-electron chi connectivity index (χ3n) is 4.38. The molecule has 0 aliphatic rings. The van der Waals surface area contributed by atoms with Crippen LogP contribution in [0.25, 0.3) is 10.6 Å². The Kier molecular flexibility index (Phi) is 6.98. The highest BCUT2D eigenvalue weighted by Gasteiger charge is 2.20. The maximum Gasteiger partial charge on any atom is 0.355 e. The lowest BCUT2D eigenvalue weighted by Crippen LogP contribution is -2.17. The van der Waals surface area contributed by atoms with Crippen molar-refractivity contribution < 1.29 is 27.4 Å². The molecule has 2 aromatic heterocycles. The van der Waals surface area contributed by atoms with Gasteiger partial charge in [0.05, 0.1) is 19.4 Å². The molecule has 1 aromatic carbocycles. The fourth-order valence-electron chi connectivity index (χ4n) is 2.80. The molecule has 9 nitrogen and oxygen atoms in total. The molecule has 31 heavy (non-hydrogen) atoms. The normalized spacial score (nSPS) is 11.4. The maximum absolute atomic E-state index is 12.4. The number of ether oxygens (including phenoxy) is 3. The van der Waals surface area contributed by atoms with Gasteiger partial charge in [0.2, 0.25) is 10.0 Å². The van der Waals surface area contributed by atoms with Crippen molar-refractivity contribution in [2.45, 2.75) is 18.4 Å². The van der Waals surface area contributed by atoms with Crippen molar-refractivity contribution in [3.63, 3.8) is 0 Å². The number of nitrogens with one attached hydrogen (secondary N) is 1. The number of carbonyl (C=O) groups excluding carboxylic acids is 1. The predicted octanol–water partition coefficient (Wildman–Crippen LogP) is 2.82. The summed E-state index contributed by atoms with van der Waals surface area (Å²) < 4.78 is 43.7. The Balaban J connectivity index is 1.70. The van der Waals surface area contributed by atoms with Gasteiger partial charge in [0.25, 0.3) is 0 Å².